The van der Waals surface area contributed by atoms with Gasteiger partial charge in [0.05, 0.1) is 24.4 Å². The van der Waals surface area contributed by atoms with Gasteiger partial charge in [0, 0.05) is 17.4 Å². The van der Waals surface area contributed by atoms with Crippen molar-refractivity contribution in [2.45, 2.75) is 26.8 Å². The number of para-hydroxylation sites is 1. The highest BCUT2D eigenvalue weighted by Crippen LogP contribution is 2.20. The molecule has 4 rings (SSSR count). The van der Waals surface area contributed by atoms with E-state index in [-0.39, 0.29) is 11.5 Å². The lowest BCUT2D eigenvalue weighted by atomic mass is 10.1. The molecule has 0 fully saturated rings. The number of ether oxygens (including phenoxy) is 1. The van der Waals surface area contributed by atoms with E-state index in [1.165, 1.54) is 21.9 Å². The Morgan fingerprint density at radius 2 is 1.91 bits per heavy atom. The van der Waals surface area contributed by atoms with Gasteiger partial charge in [-0.2, -0.15) is 9.61 Å². The van der Waals surface area contributed by atoms with Crippen molar-refractivity contribution in [3.63, 3.8) is 0 Å². The number of carbonyl (C=O) groups is 1. The fourth-order valence-corrected chi connectivity index (χ4v) is 4.01. The summed E-state index contributed by atoms with van der Waals surface area (Å²) in [6.07, 6.45) is 0.748. The predicted molar refractivity (Wildman–Crippen MR) is 126 cm³/mol. The van der Waals surface area contributed by atoms with E-state index in [2.05, 4.69) is 20.7 Å². The van der Waals surface area contributed by atoms with E-state index in [9.17, 15) is 9.59 Å². The zero-order valence-electron chi connectivity index (χ0n) is 17.8. The van der Waals surface area contributed by atoms with Crippen LogP contribution in [0.4, 0.5) is 11.4 Å². The fourth-order valence-electron chi connectivity index (χ4n) is 3.15. The van der Waals surface area contributed by atoms with Gasteiger partial charge in [0.25, 0.3) is 11.5 Å². The average molecular weight is 450 g/mol. The van der Waals surface area contributed by atoms with Gasteiger partial charge in [-0.1, -0.05) is 30.4 Å². The van der Waals surface area contributed by atoms with Gasteiger partial charge in [-0.3, -0.25) is 9.59 Å². The Morgan fingerprint density at radius 3 is 2.66 bits per heavy atom. The third-order valence-corrected chi connectivity index (χ3v) is 5.75. The summed E-state index contributed by atoms with van der Waals surface area (Å²) < 4.78 is 6.76. The minimum atomic E-state index is -0.240. The number of amides is 1. The van der Waals surface area contributed by atoms with Gasteiger partial charge in [0.15, 0.2) is 0 Å². The highest BCUT2D eigenvalue weighted by molar-refractivity contribution is 7.16. The van der Waals surface area contributed by atoms with Crippen LogP contribution in [0.1, 0.15) is 34.9 Å². The number of nitrogens with one attached hydrogen (secondary N) is 2. The molecule has 0 radical (unpaired) electrons. The van der Waals surface area contributed by atoms with Crippen molar-refractivity contribution in [2.75, 3.05) is 17.2 Å². The van der Waals surface area contributed by atoms with E-state index in [1.807, 2.05) is 38.1 Å². The molecule has 0 bridgehead atoms. The highest BCUT2D eigenvalue weighted by atomic mass is 32.1. The van der Waals surface area contributed by atoms with Crippen LogP contribution in [0.25, 0.3) is 4.96 Å². The quantitative estimate of drug-likeness (QED) is 0.422. The van der Waals surface area contributed by atoms with Crippen molar-refractivity contribution in [1.82, 2.24) is 14.6 Å². The predicted octanol–water partition coefficient (Wildman–Crippen LogP) is 3.98. The molecule has 9 heteroatoms. The number of hydrogen-bond acceptors (Lipinski definition) is 7. The van der Waals surface area contributed by atoms with Crippen molar-refractivity contribution in [3.05, 3.63) is 81.2 Å². The second-order valence-corrected chi connectivity index (χ2v) is 7.98. The maximum Gasteiger partial charge on any atom is 0.275 e. The van der Waals surface area contributed by atoms with E-state index in [0.717, 1.165) is 17.2 Å². The third kappa shape index (κ3) is 4.78. The van der Waals surface area contributed by atoms with Crippen LogP contribution in [0, 0.1) is 0 Å². The number of aryl methyl sites for hydroxylation is 1. The Hall–Kier alpha value is -3.72. The number of hydrogen-bond donors (Lipinski definition) is 2. The van der Waals surface area contributed by atoms with E-state index < -0.39 is 0 Å². The molecule has 2 aromatic heterocycles. The Labute approximate surface area is 188 Å². The SMILES string of the molecule is CCOc1ccc(NC(=O)c2ccccc2NCc2cc(=O)n3nc(CC)sc3n2)cc1. The van der Waals surface area contributed by atoms with Crippen molar-refractivity contribution in [3.8, 4) is 5.75 Å². The average Bonchev–Trinajstić information content (AvgIpc) is 3.23. The molecular formula is C23H23N5O3S. The van der Waals surface area contributed by atoms with Crippen LogP contribution in [-0.2, 0) is 13.0 Å². The molecule has 2 N–H and O–H groups in total. The summed E-state index contributed by atoms with van der Waals surface area (Å²) in [6, 6.07) is 15.9. The lowest BCUT2D eigenvalue weighted by Crippen LogP contribution is -2.18. The Bertz CT molecular complexity index is 1300. The molecule has 164 valence electrons. The number of carbonyl (C=O) groups excluding carboxylic acids is 1. The molecule has 0 unspecified atom stereocenters. The van der Waals surface area contributed by atoms with E-state index >= 15 is 0 Å². The molecule has 0 saturated heterocycles. The van der Waals surface area contributed by atoms with Gasteiger partial charge in [-0.05, 0) is 49.7 Å². The van der Waals surface area contributed by atoms with Gasteiger partial charge >= 0.3 is 0 Å². The molecule has 0 saturated carbocycles. The first-order valence-electron chi connectivity index (χ1n) is 10.3. The molecule has 0 spiro atoms. The molecule has 2 aromatic carbocycles. The molecule has 0 aliphatic heterocycles. The van der Waals surface area contributed by atoms with Crippen LogP contribution in [0.15, 0.2) is 59.4 Å². The van der Waals surface area contributed by atoms with Gasteiger partial charge in [0.2, 0.25) is 4.96 Å². The van der Waals surface area contributed by atoms with Crippen LogP contribution in [-0.4, -0.2) is 27.1 Å². The molecule has 1 amide bonds. The smallest absolute Gasteiger partial charge is 0.275 e. The largest absolute Gasteiger partial charge is 0.494 e. The van der Waals surface area contributed by atoms with Crippen LogP contribution >= 0.6 is 11.3 Å². The van der Waals surface area contributed by atoms with Gasteiger partial charge < -0.3 is 15.4 Å². The summed E-state index contributed by atoms with van der Waals surface area (Å²) >= 11 is 1.40. The second kappa shape index (κ2) is 9.61. The Kier molecular flexibility index (Phi) is 6.46. The molecule has 8 nitrogen and oxygen atoms in total. The van der Waals surface area contributed by atoms with Crippen LogP contribution < -0.4 is 20.9 Å². The summed E-state index contributed by atoms with van der Waals surface area (Å²) in [5.41, 5.74) is 2.18. The summed E-state index contributed by atoms with van der Waals surface area (Å²) in [4.78, 5) is 30.3. The molecular weight excluding hydrogens is 426 g/mol. The minimum Gasteiger partial charge on any atom is -0.494 e. The third-order valence-electron chi connectivity index (χ3n) is 4.70. The van der Waals surface area contributed by atoms with Crippen molar-refractivity contribution in [1.29, 1.82) is 0 Å². The van der Waals surface area contributed by atoms with Crippen LogP contribution in [0.2, 0.25) is 0 Å². The lowest BCUT2D eigenvalue weighted by Gasteiger charge is -2.12. The van der Waals surface area contributed by atoms with Gasteiger partial charge in [-0.25, -0.2) is 4.98 Å². The first-order chi connectivity index (χ1) is 15.6. The Balaban J connectivity index is 1.49. The van der Waals surface area contributed by atoms with E-state index in [4.69, 9.17) is 4.74 Å². The second-order valence-electron chi connectivity index (χ2n) is 6.94. The molecule has 0 atom stereocenters. The summed E-state index contributed by atoms with van der Waals surface area (Å²) in [7, 11) is 0. The first kappa shape index (κ1) is 21.5. The number of benzene rings is 2. The fraction of sp³-hybridized carbons (Fsp3) is 0.217. The van der Waals surface area contributed by atoms with Crippen molar-refractivity contribution < 1.29 is 9.53 Å². The number of fused-ring (bicyclic) bond motifs is 1. The number of nitrogens with zero attached hydrogens (tertiary/aromatic N) is 3. The number of rotatable bonds is 8. The highest BCUT2D eigenvalue weighted by Gasteiger charge is 2.13. The lowest BCUT2D eigenvalue weighted by molar-refractivity contribution is 0.102. The standard InChI is InChI=1S/C23H23N5O3S/c1-3-20-27-28-21(29)13-16(26-23(28)32-20)14-24-19-8-6-5-7-18(19)22(30)25-15-9-11-17(12-10-15)31-4-2/h5-13,24H,3-4,14H2,1-2H3,(H,25,30). The molecule has 2 heterocycles. The number of anilines is 2. The summed E-state index contributed by atoms with van der Waals surface area (Å²) in [5.74, 6) is 0.510. The van der Waals surface area contributed by atoms with Crippen molar-refractivity contribution >= 4 is 33.6 Å². The zero-order valence-corrected chi connectivity index (χ0v) is 18.6. The van der Waals surface area contributed by atoms with E-state index in [0.29, 0.717) is 40.7 Å². The maximum atomic E-state index is 12.9. The summed E-state index contributed by atoms with van der Waals surface area (Å²) in [5, 5.41) is 11.2. The molecule has 32 heavy (non-hydrogen) atoms. The van der Waals surface area contributed by atoms with Gasteiger partial charge in [0.1, 0.15) is 10.8 Å². The van der Waals surface area contributed by atoms with Gasteiger partial charge in [-0.15, -0.1) is 0 Å². The first-order valence-corrected chi connectivity index (χ1v) is 11.1. The monoisotopic (exact) mass is 449 g/mol. The topological polar surface area (TPSA) is 97.6 Å². The molecule has 4 aromatic rings. The summed E-state index contributed by atoms with van der Waals surface area (Å²) in [6.45, 7) is 4.80. The van der Waals surface area contributed by atoms with E-state index in [1.54, 1.807) is 24.3 Å². The molecule has 0 aliphatic carbocycles. The number of aromatic nitrogens is 3. The van der Waals surface area contributed by atoms with Crippen molar-refractivity contribution in [2.24, 2.45) is 0 Å². The minimum absolute atomic E-state index is 0.218. The van der Waals surface area contributed by atoms with Crippen LogP contribution in [0.3, 0.4) is 0 Å². The zero-order chi connectivity index (χ0) is 22.5. The maximum absolute atomic E-state index is 12.9. The molecule has 0 aliphatic rings. The van der Waals surface area contributed by atoms with Crippen LogP contribution in [0.5, 0.6) is 5.75 Å². The normalized spacial score (nSPS) is 10.8. The Morgan fingerprint density at radius 1 is 1.12 bits per heavy atom.